The highest BCUT2D eigenvalue weighted by Gasteiger charge is 2.04. The van der Waals surface area contributed by atoms with Crippen molar-refractivity contribution in [1.82, 2.24) is 0 Å². The van der Waals surface area contributed by atoms with Crippen LogP contribution in [0.5, 0.6) is 0 Å². The van der Waals surface area contributed by atoms with Crippen molar-refractivity contribution < 1.29 is 8.78 Å². The van der Waals surface area contributed by atoms with Gasteiger partial charge < -0.3 is 11.1 Å². The summed E-state index contributed by atoms with van der Waals surface area (Å²) in [5, 5.41) is 3.37. The van der Waals surface area contributed by atoms with Gasteiger partial charge in [0.2, 0.25) is 0 Å². The SMILES string of the molecule is Nc1ccc(Cl)cc1Nc1ccc(F)c(F)c1. The number of rotatable bonds is 2. The first kappa shape index (κ1) is 11.7. The third kappa shape index (κ3) is 2.65. The maximum Gasteiger partial charge on any atom is 0.160 e. The van der Waals surface area contributed by atoms with Crippen LogP contribution in [0.15, 0.2) is 36.4 Å². The summed E-state index contributed by atoms with van der Waals surface area (Å²) in [6.45, 7) is 0. The average molecular weight is 255 g/mol. The van der Waals surface area contributed by atoms with E-state index in [1.165, 1.54) is 6.07 Å². The lowest BCUT2D eigenvalue weighted by molar-refractivity contribution is 0.509. The van der Waals surface area contributed by atoms with Gasteiger partial charge in [0.1, 0.15) is 0 Å². The molecule has 0 saturated heterocycles. The second-order valence-corrected chi connectivity index (χ2v) is 3.92. The Morgan fingerprint density at radius 1 is 1.00 bits per heavy atom. The molecule has 17 heavy (non-hydrogen) atoms. The van der Waals surface area contributed by atoms with Gasteiger partial charge in [0.25, 0.3) is 0 Å². The van der Waals surface area contributed by atoms with Gasteiger partial charge in [0.15, 0.2) is 11.6 Å². The molecule has 0 amide bonds. The summed E-state index contributed by atoms with van der Waals surface area (Å²) in [7, 11) is 0. The van der Waals surface area contributed by atoms with E-state index in [1.807, 2.05) is 0 Å². The van der Waals surface area contributed by atoms with E-state index < -0.39 is 11.6 Å². The van der Waals surface area contributed by atoms with Gasteiger partial charge in [0, 0.05) is 16.8 Å². The Morgan fingerprint density at radius 3 is 2.47 bits per heavy atom. The van der Waals surface area contributed by atoms with Crippen LogP contribution in [0.1, 0.15) is 0 Å². The zero-order valence-corrected chi connectivity index (χ0v) is 9.43. The molecule has 0 aliphatic rings. The lowest BCUT2D eigenvalue weighted by Gasteiger charge is -2.09. The van der Waals surface area contributed by atoms with Crippen molar-refractivity contribution in [2.75, 3.05) is 11.1 Å². The molecule has 0 aromatic heterocycles. The van der Waals surface area contributed by atoms with Crippen LogP contribution in [-0.2, 0) is 0 Å². The first-order valence-corrected chi connectivity index (χ1v) is 5.21. The zero-order valence-electron chi connectivity index (χ0n) is 8.68. The molecule has 2 aromatic rings. The van der Waals surface area contributed by atoms with Gasteiger partial charge in [-0.05, 0) is 30.3 Å². The van der Waals surface area contributed by atoms with Crippen LogP contribution in [0.4, 0.5) is 25.8 Å². The zero-order chi connectivity index (χ0) is 12.4. The predicted octanol–water partition coefficient (Wildman–Crippen LogP) is 3.94. The van der Waals surface area contributed by atoms with Crippen molar-refractivity contribution >= 4 is 28.7 Å². The minimum absolute atomic E-state index is 0.401. The monoisotopic (exact) mass is 254 g/mol. The molecule has 88 valence electrons. The Hall–Kier alpha value is -1.81. The van der Waals surface area contributed by atoms with E-state index in [9.17, 15) is 8.78 Å². The molecule has 0 radical (unpaired) electrons. The summed E-state index contributed by atoms with van der Waals surface area (Å²) in [6, 6.07) is 8.39. The molecule has 0 spiro atoms. The number of benzene rings is 2. The van der Waals surface area contributed by atoms with Crippen molar-refractivity contribution in [3.8, 4) is 0 Å². The molecule has 0 atom stereocenters. The maximum atomic E-state index is 13.0. The molecule has 3 N–H and O–H groups in total. The van der Waals surface area contributed by atoms with E-state index in [1.54, 1.807) is 18.2 Å². The number of anilines is 3. The fourth-order valence-electron chi connectivity index (χ4n) is 1.37. The number of hydrogen-bond donors (Lipinski definition) is 2. The molecular weight excluding hydrogens is 246 g/mol. The second-order valence-electron chi connectivity index (χ2n) is 3.49. The van der Waals surface area contributed by atoms with Gasteiger partial charge in [-0.1, -0.05) is 11.6 Å². The second kappa shape index (κ2) is 4.59. The lowest BCUT2D eigenvalue weighted by Crippen LogP contribution is -1.97. The number of nitrogens with two attached hydrogens (primary N) is 1. The molecule has 0 aliphatic heterocycles. The molecule has 5 heteroatoms. The van der Waals surface area contributed by atoms with Crippen molar-refractivity contribution in [3.63, 3.8) is 0 Å². The third-order valence-electron chi connectivity index (χ3n) is 2.21. The molecule has 0 aliphatic carbocycles. The van der Waals surface area contributed by atoms with Crippen LogP contribution >= 0.6 is 11.6 Å². The Kier molecular flexibility index (Phi) is 3.15. The standard InChI is InChI=1S/C12H9ClF2N2/c13-7-1-4-11(16)12(5-7)17-8-2-3-9(14)10(15)6-8/h1-6,17H,16H2. The fourth-order valence-corrected chi connectivity index (χ4v) is 1.54. The third-order valence-corrected chi connectivity index (χ3v) is 2.45. The molecule has 0 bridgehead atoms. The van der Waals surface area contributed by atoms with Crippen LogP contribution in [0.25, 0.3) is 0 Å². The molecule has 0 unspecified atom stereocenters. The van der Waals surface area contributed by atoms with Crippen LogP contribution in [0.2, 0.25) is 5.02 Å². The number of nitrogens with one attached hydrogen (secondary N) is 1. The number of halogens is 3. The minimum Gasteiger partial charge on any atom is -0.397 e. The summed E-state index contributed by atoms with van der Waals surface area (Å²) in [5.74, 6) is -1.81. The van der Waals surface area contributed by atoms with E-state index in [2.05, 4.69) is 5.32 Å². The number of nitrogen functional groups attached to an aromatic ring is 1. The van der Waals surface area contributed by atoms with Gasteiger partial charge in [-0.2, -0.15) is 0 Å². The van der Waals surface area contributed by atoms with Crippen LogP contribution in [0.3, 0.4) is 0 Å². The fraction of sp³-hybridized carbons (Fsp3) is 0. The summed E-state index contributed by atoms with van der Waals surface area (Å²) in [6.07, 6.45) is 0. The highest BCUT2D eigenvalue weighted by atomic mass is 35.5. The Labute approximate surface area is 102 Å². The topological polar surface area (TPSA) is 38.0 Å². The van der Waals surface area contributed by atoms with Gasteiger partial charge >= 0.3 is 0 Å². The van der Waals surface area contributed by atoms with Crippen molar-refractivity contribution in [2.45, 2.75) is 0 Å². The summed E-state index contributed by atoms with van der Waals surface area (Å²) in [5.41, 5.74) is 7.13. The van der Waals surface area contributed by atoms with Crippen LogP contribution in [-0.4, -0.2) is 0 Å². The van der Waals surface area contributed by atoms with Gasteiger partial charge in [-0.15, -0.1) is 0 Å². The smallest absolute Gasteiger partial charge is 0.160 e. The highest BCUT2D eigenvalue weighted by molar-refractivity contribution is 6.31. The van der Waals surface area contributed by atoms with Crippen molar-refractivity contribution in [3.05, 3.63) is 53.1 Å². The summed E-state index contributed by atoms with van der Waals surface area (Å²) < 4.78 is 25.7. The van der Waals surface area contributed by atoms with E-state index in [4.69, 9.17) is 17.3 Å². The highest BCUT2D eigenvalue weighted by Crippen LogP contribution is 2.27. The van der Waals surface area contributed by atoms with Gasteiger partial charge in [-0.3, -0.25) is 0 Å². The quantitative estimate of drug-likeness (QED) is 0.797. The molecule has 2 nitrogen and oxygen atoms in total. The maximum absolute atomic E-state index is 13.0. The molecule has 0 fully saturated rings. The summed E-state index contributed by atoms with van der Waals surface area (Å²) >= 11 is 5.81. The molecule has 0 heterocycles. The van der Waals surface area contributed by atoms with E-state index >= 15 is 0 Å². The molecular formula is C12H9ClF2N2. The van der Waals surface area contributed by atoms with E-state index in [0.717, 1.165) is 12.1 Å². The van der Waals surface area contributed by atoms with E-state index in [0.29, 0.717) is 22.1 Å². The van der Waals surface area contributed by atoms with Crippen LogP contribution < -0.4 is 11.1 Å². The normalized spacial score (nSPS) is 10.3. The Morgan fingerprint density at radius 2 is 1.76 bits per heavy atom. The van der Waals surface area contributed by atoms with Crippen molar-refractivity contribution in [2.24, 2.45) is 0 Å². The average Bonchev–Trinajstić information content (AvgIpc) is 2.29. The molecule has 0 saturated carbocycles. The first-order chi connectivity index (χ1) is 8.06. The summed E-state index contributed by atoms with van der Waals surface area (Å²) in [4.78, 5) is 0. The lowest BCUT2D eigenvalue weighted by atomic mass is 10.2. The Bertz CT molecular complexity index is 558. The molecule has 2 rings (SSSR count). The van der Waals surface area contributed by atoms with Gasteiger partial charge in [-0.25, -0.2) is 8.78 Å². The van der Waals surface area contributed by atoms with Gasteiger partial charge in [0.05, 0.1) is 11.4 Å². The first-order valence-electron chi connectivity index (χ1n) is 4.83. The largest absolute Gasteiger partial charge is 0.397 e. The predicted molar refractivity (Wildman–Crippen MR) is 65.5 cm³/mol. The van der Waals surface area contributed by atoms with Crippen molar-refractivity contribution in [1.29, 1.82) is 0 Å². The molecule has 2 aromatic carbocycles. The van der Waals surface area contributed by atoms with E-state index in [-0.39, 0.29) is 0 Å². The number of hydrogen-bond acceptors (Lipinski definition) is 2. The van der Waals surface area contributed by atoms with Crippen LogP contribution in [0, 0.1) is 11.6 Å². The minimum atomic E-state index is -0.921. The Balaban J connectivity index is 2.31.